The fourth-order valence-corrected chi connectivity index (χ4v) is 10.0. The zero-order valence-corrected chi connectivity index (χ0v) is 36.6. The highest BCUT2D eigenvalue weighted by Gasteiger charge is 2.45. The van der Waals surface area contributed by atoms with Crippen molar-refractivity contribution < 1.29 is 0 Å². The Hall–Kier alpha value is -9.20. The Morgan fingerprint density at radius 2 is 0.706 bits per heavy atom. The highest BCUT2D eigenvalue weighted by atomic mass is 15.2. The van der Waals surface area contributed by atoms with Gasteiger partial charge in [0.05, 0.1) is 11.0 Å². The van der Waals surface area contributed by atoms with Gasteiger partial charge in [0, 0.05) is 38.6 Å². The van der Waals surface area contributed by atoms with Gasteiger partial charge in [-0.1, -0.05) is 212 Å². The number of fused-ring (bicyclic) bond motifs is 9. The van der Waals surface area contributed by atoms with Gasteiger partial charge in [-0.25, -0.2) is 29.9 Å². The number of rotatable bonds is 7. The molecule has 0 unspecified atom stereocenters. The Bertz CT molecular complexity index is 3730. The maximum atomic E-state index is 5.74. The van der Waals surface area contributed by atoms with E-state index in [0.29, 0.717) is 34.9 Å². The second kappa shape index (κ2) is 16.0. The lowest BCUT2D eigenvalue weighted by molar-refractivity contribution is 0.512. The van der Waals surface area contributed by atoms with Crippen molar-refractivity contribution >= 4 is 21.8 Å². The van der Waals surface area contributed by atoms with Crippen LogP contribution in [0.1, 0.15) is 17.0 Å². The summed E-state index contributed by atoms with van der Waals surface area (Å²) in [6, 6.07) is 82.4. The van der Waals surface area contributed by atoms with Crippen LogP contribution in [0, 0.1) is 0 Å². The lowest BCUT2D eigenvalue weighted by atomic mass is 9.80. The topological polar surface area (TPSA) is 82.3 Å². The molecule has 1 aliphatic heterocycles. The van der Waals surface area contributed by atoms with Crippen LogP contribution in [-0.4, -0.2) is 34.5 Å². The Kier molecular flexibility index (Phi) is 9.25. The summed E-state index contributed by atoms with van der Waals surface area (Å²) in [6.07, 6.45) is 0. The fraction of sp³-hybridized carbons (Fsp3) is 0.0164. The molecule has 0 atom stereocenters. The third kappa shape index (κ3) is 6.36. The van der Waals surface area contributed by atoms with E-state index in [2.05, 4.69) is 162 Å². The van der Waals surface area contributed by atoms with Crippen molar-refractivity contribution in [2.45, 2.75) is 5.54 Å². The fourth-order valence-electron chi connectivity index (χ4n) is 10.0. The van der Waals surface area contributed by atoms with E-state index in [0.717, 1.165) is 83.0 Å². The summed E-state index contributed by atoms with van der Waals surface area (Å²) in [6.45, 7) is 0. The molecule has 0 saturated carbocycles. The summed E-state index contributed by atoms with van der Waals surface area (Å²) in [5.41, 5.74) is 11.6. The lowest BCUT2D eigenvalue weighted by Crippen LogP contribution is -2.40. The van der Waals surface area contributed by atoms with Gasteiger partial charge in [-0.3, -0.25) is 0 Å². The zero-order chi connectivity index (χ0) is 45.0. The molecular formula is C61H39N7. The Labute approximate surface area is 392 Å². The molecule has 0 spiro atoms. The van der Waals surface area contributed by atoms with Crippen LogP contribution in [0.4, 0.5) is 0 Å². The van der Waals surface area contributed by atoms with Crippen molar-refractivity contribution in [3.05, 3.63) is 254 Å². The SMILES string of the molecule is c1ccc(-c2nc(-c3ccccc3)nc(-c3ccc4c(c3)-c3nc(-c5ccccc5)nc(n3)C(c3ccccc3)(c3ccccc3)n3c5ccccc5c5c(-c6ccccc6)cc-4cc53)n2)cc1. The van der Waals surface area contributed by atoms with Gasteiger partial charge >= 0.3 is 0 Å². The predicted molar refractivity (Wildman–Crippen MR) is 272 cm³/mol. The van der Waals surface area contributed by atoms with Crippen molar-refractivity contribution in [3.8, 4) is 79.2 Å². The van der Waals surface area contributed by atoms with E-state index < -0.39 is 5.54 Å². The molecule has 7 heteroatoms. The average Bonchev–Trinajstić information content (AvgIpc) is 3.76. The molecule has 0 amide bonds. The summed E-state index contributed by atoms with van der Waals surface area (Å²) in [5, 5.41) is 2.28. The minimum Gasteiger partial charge on any atom is -0.319 e. The molecule has 13 rings (SSSR count). The standard InChI is InChI=1S/C61H39N7/c1-7-21-40(22-8-1)50-38-45-39-53-54(50)49-33-19-20-34-52(49)68(53)61(46-29-15-5-16-30-46,47-31-17-6-18-32-47)60-66-57(43-27-13-4-14-28-43)65-59(67-60)51-37-44(35-36-48(45)51)58-63-55(41-23-9-2-10-24-41)62-56(64-58)42-25-11-3-12-26-42/h1-39H. The van der Waals surface area contributed by atoms with E-state index >= 15 is 0 Å². The smallest absolute Gasteiger partial charge is 0.168 e. The van der Waals surface area contributed by atoms with Crippen LogP contribution in [0.25, 0.3) is 101 Å². The van der Waals surface area contributed by atoms with E-state index in [-0.39, 0.29) is 0 Å². The van der Waals surface area contributed by atoms with E-state index in [1.807, 2.05) is 78.9 Å². The largest absolute Gasteiger partial charge is 0.319 e. The second-order valence-electron chi connectivity index (χ2n) is 17.0. The third-order valence-corrected chi connectivity index (χ3v) is 13.1. The van der Waals surface area contributed by atoms with Gasteiger partial charge in [0.2, 0.25) is 0 Å². The molecule has 0 saturated heterocycles. The van der Waals surface area contributed by atoms with Crippen molar-refractivity contribution in [3.63, 3.8) is 0 Å². The minimum atomic E-state index is -1.10. The van der Waals surface area contributed by atoms with Gasteiger partial charge in [-0.15, -0.1) is 0 Å². The Balaban J connectivity index is 1.20. The average molecular weight is 870 g/mol. The number of hydrogen-bond donors (Lipinski definition) is 0. The molecule has 0 aliphatic carbocycles. The molecule has 9 aromatic carbocycles. The van der Waals surface area contributed by atoms with Gasteiger partial charge in [-0.05, 0) is 57.6 Å². The summed E-state index contributed by atoms with van der Waals surface area (Å²) < 4.78 is 2.49. The molecule has 318 valence electrons. The molecule has 4 heterocycles. The Morgan fingerprint density at radius 1 is 0.279 bits per heavy atom. The molecule has 12 aromatic rings. The summed E-state index contributed by atoms with van der Waals surface area (Å²) in [4.78, 5) is 32.1. The van der Waals surface area contributed by atoms with Crippen molar-refractivity contribution in [1.82, 2.24) is 34.5 Å². The highest BCUT2D eigenvalue weighted by Crippen LogP contribution is 2.50. The normalized spacial score (nSPS) is 12.5. The molecule has 0 fully saturated rings. The van der Waals surface area contributed by atoms with E-state index in [9.17, 15) is 0 Å². The molecule has 4 bridgehead atoms. The number of para-hydroxylation sites is 1. The van der Waals surface area contributed by atoms with E-state index in [4.69, 9.17) is 29.9 Å². The summed E-state index contributed by atoms with van der Waals surface area (Å²) in [5.74, 6) is 3.40. The van der Waals surface area contributed by atoms with Crippen LogP contribution in [0.2, 0.25) is 0 Å². The van der Waals surface area contributed by atoms with Crippen LogP contribution < -0.4 is 0 Å². The molecule has 3 aromatic heterocycles. The summed E-state index contributed by atoms with van der Waals surface area (Å²) in [7, 11) is 0. The molecule has 68 heavy (non-hydrogen) atoms. The van der Waals surface area contributed by atoms with Gasteiger partial charge < -0.3 is 4.57 Å². The number of benzene rings is 9. The van der Waals surface area contributed by atoms with Gasteiger partial charge in [0.15, 0.2) is 40.5 Å². The van der Waals surface area contributed by atoms with Crippen LogP contribution in [-0.2, 0) is 5.54 Å². The molecule has 7 nitrogen and oxygen atoms in total. The van der Waals surface area contributed by atoms with Gasteiger partial charge in [0.1, 0.15) is 0 Å². The molecule has 1 aliphatic rings. The number of hydrogen-bond acceptors (Lipinski definition) is 6. The van der Waals surface area contributed by atoms with Crippen LogP contribution in [0.3, 0.4) is 0 Å². The minimum absolute atomic E-state index is 0.531. The van der Waals surface area contributed by atoms with Crippen LogP contribution >= 0.6 is 0 Å². The third-order valence-electron chi connectivity index (χ3n) is 13.1. The highest BCUT2D eigenvalue weighted by molar-refractivity contribution is 6.17. The first kappa shape index (κ1) is 39.2. The van der Waals surface area contributed by atoms with Gasteiger partial charge in [0.25, 0.3) is 0 Å². The maximum absolute atomic E-state index is 5.74. The molecular weight excluding hydrogens is 831 g/mol. The first-order valence-electron chi connectivity index (χ1n) is 22.8. The van der Waals surface area contributed by atoms with Crippen LogP contribution in [0.5, 0.6) is 0 Å². The second-order valence-corrected chi connectivity index (χ2v) is 17.0. The summed E-state index contributed by atoms with van der Waals surface area (Å²) >= 11 is 0. The van der Waals surface area contributed by atoms with Crippen molar-refractivity contribution in [1.29, 1.82) is 0 Å². The first-order chi connectivity index (χ1) is 33.7. The van der Waals surface area contributed by atoms with Crippen molar-refractivity contribution in [2.24, 2.45) is 0 Å². The first-order valence-corrected chi connectivity index (χ1v) is 22.8. The van der Waals surface area contributed by atoms with E-state index in [1.165, 1.54) is 0 Å². The lowest BCUT2D eigenvalue weighted by Gasteiger charge is -2.37. The van der Waals surface area contributed by atoms with E-state index in [1.54, 1.807) is 0 Å². The monoisotopic (exact) mass is 869 g/mol. The predicted octanol–water partition coefficient (Wildman–Crippen LogP) is 14.0. The Morgan fingerprint density at radius 3 is 1.26 bits per heavy atom. The molecule has 0 N–H and O–H groups in total. The molecule has 0 radical (unpaired) electrons. The maximum Gasteiger partial charge on any atom is 0.168 e. The zero-order valence-electron chi connectivity index (χ0n) is 36.6. The number of aromatic nitrogens is 7. The van der Waals surface area contributed by atoms with Crippen molar-refractivity contribution in [2.75, 3.05) is 0 Å². The van der Waals surface area contributed by atoms with Gasteiger partial charge in [-0.2, -0.15) is 0 Å². The number of nitrogens with zero attached hydrogens (tertiary/aromatic N) is 7. The quantitative estimate of drug-likeness (QED) is 0.159. The van der Waals surface area contributed by atoms with Crippen LogP contribution in [0.15, 0.2) is 237 Å².